The summed E-state index contributed by atoms with van der Waals surface area (Å²) in [6, 6.07) is 0.0285. The van der Waals surface area contributed by atoms with Crippen molar-refractivity contribution in [3.05, 3.63) is 17.0 Å². The number of sulfone groups is 1. The number of aromatic amines is 1. The molecule has 1 atom stereocenters. The fourth-order valence-electron chi connectivity index (χ4n) is 2.83. The van der Waals surface area contributed by atoms with Gasteiger partial charge in [0.2, 0.25) is 5.91 Å². The number of aromatic nitrogens is 2. The number of rotatable bonds is 4. The molecular weight excluding hydrogens is 278 g/mol. The molecule has 2 rings (SSSR count). The summed E-state index contributed by atoms with van der Waals surface area (Å²) in [7, 11) is -3.10. The monoisotopic (exact) mass is 299 g/mol. The van der Waals surface area contributed by atoms with Crippen LogP contribution in [0, 0.1) is 13.8 Å². The van der Waals surface area contributed by atoms with Crippen molar-refractivity contribution < 1.29 is 13.2 Å². The first-order valence-electron chi connectivity index (χ1n) is 6.78. The normalized spacial score (nSPS) is 19.6. The van der Waals surface area contributed by atoms with Gasteiger partial charge in [-0.15, -0.1) is 0 Å². The first kappa shape index (κ1) is 15.0. The molecule has 0 bridgehead atoms. The van der Waals surface area contributed by atoms with Crippen molar-refractivity contribution in [3.8, 4) is 0 Å². The van der Waals surface area contributed by atoms with Gasteiger partial charge < -0.3 is 4.90 Å². The number of hydrogen-bond donors (Lipinski definition) is 1. The molecule has 2 heterocycles. The van der Waals surface area contributed by atoms with Crippen molar-refractivity contribution in [2.45, 2.75) is 39.2 Å². The Morgan fingerprint density at radius 1 is 1.45 bits per heavy atom. The number of likely N-dealkylation sites (tertiary alicyclic amines) is 1. The van der Waals surface area contributed by atoms with E-state index in [0.717, 1.165) is 36.0 Å². The zero-order valence-electron chi connectivity index (χ0n) is 12.1. The largest absolute Gasteiger partial charge is 0.335 e. The number of amides is 1. The molecule has 1 aromatic rings. The number of carbonyl (C=O) groups excluding carboxylic acids is 1. The van der Waals surface area contributed by atoms with E-state index in [0.29, 0.717) is 6.54 Å². The molecule has 7 heteroatoms. The van der Waals surface area contributed by atoms with Gasteiger partial charge in [0.1, 0.15) is 9.84 Å². The van der Waals surface area contributed by atoms with Crippen LogP contribution < -0.4 is 0 Å². The van der Waals surface area contributed by atoms with Gasteiger partial charge in [0.15, 0.2) is 0 Å². The topological polar surface area (TPSA) is 83.1 Å². The van der Waals surface area contributed by atoms with E-state index in [-0.39, 0.29) is 24.1 Å². The third-order valence-electron chi connectivity index (χ3n) is 3.78. The highest BCUT2D eigenvalue weighted by atomic mass is 32.2. The molecule has 1 aliphatic rings. The van der Waals surface area contributed by atoms with Crippen LogP contribution in [-0.4, -0.2) is 48.0 Å². The molecule has 6 nitrogen and oxygen atoms in total. The fourth-order valence-corrected chi connectivity index (χ4v) is 3.38. The molecule has 1 aliphatic heterocycles. The standard InChI is InChI=1S/C13H21N3O3S/c1-9-13(10(2)15-14-9)11-5-4-7-16(11)12(17)6-8-20(3,18)19/h11H,4-8H2,1-3H3,(H,14,15). The quantitative estimate of drug-likeness (QED) is 0.903. The molecule has 1 N–H and O–H groups in total. The Balaban J connectivity index is 2.13. The predicted octanol–water partition coefficient (Wildman–Crippen LogP) is 1.12. The highest BCUT2D eigenvalue weighted by Gasteiger charge is 2.32. The van der Waals surface area contributed by atoms with Crippen LogP contribution in [0.15, 0.2) is 0 Å². The predicted molar refractivity (Wildman–Crippen MR) is 76.1 cm³/mol. The zero-order chi connectivity index (χ0) is 14.9. The molecule has 0 aliphatic carbocycles. The van der Waals surface area contributed by atoms with Crippen molar-refractivity contribution in [1.82, 2.24) is 15.1 Å². The molecule has 1 aromatic heterocycles. The van der Waals surface area contributed by atoms with Crippen LogP contribution in [0.25, 0.3) is 0 Å². The molecule has 0 spiro atoms. The molecule has 20 heavy (non-hydrogen) atoms. The van der Waals surface area contributed by atoms with Crippen molar-refractivity contribution in [3.63, 3.8) is 0 Å². The average Bonchev–Trinajstić information content (AvgIpc) is 2.92. The second-order valence-corrected chi connectivity index (χ2v) is 7.73. The molecule has 112 valence electrons. The van der Waals surface area contributed by atoms with Crippen molar-refractivity contribution in [2.75, 3.05) is 18.6 Å². The Morgan fingerprint density at radius 3 is 2.70 bits per heavy atom. The van der Waals surface area contributed by atoms with E-state index in [9.17, 15) is 13.2 Å². The Kier molecular flexibility index (Phi) is 4.17. The number of H-pyrrole nitrogens is 1. The zero-order valence-corrected chi connectivity index (χ0v) is 13.0. The summed E-state index contributed by atoms with van der Waals surface area (Å²) in [5, 5.41) is 7.13. The minimum Gasteiger partial charge on any atom is -0.335 e. The Morgan fingerprint density at radius 2 is 2.15 bits per heavy atom. The van der Waals surface area contributed by atoms with Crippen LogP contribution in [0.2, 0.25) is 0 Å². The lowest BCUT2D eigenvalue weighted by Crippen LogP contribution is -2.32. The maximum absolute atomic E-state index is 12.3. The SMILES string of the molecule is Cc1n[nH]c(C)c1C1CCCN1C(=O)CCS(C)(=O)=O. The van der Waals surface area contributed by atoms with Gasteiger partial charge in [0.05, 0.1) is 17.5 Å². The summed E-state index contributed by atoms with van der Waals surface area (Å²) >= 11 is 0. The van der Waals surface area contributed by atoms with E-state index in [1.54, 1.807) is 4.90 Å². The third kappa shape index (κ3) is 3.20. The molecule has 1 saturated heterocycles. The van der Waals surface area contributed by atoms with Crippen LogP contribution in [0.5, 0.6) is 0 Å². The van der Waals surface area contributed by atoms with Gasteiger partial charge in [-0.1, -0.05) is 0 Å². The van der Waals surface area contributed by atoms with E-state index in [1.807, 2.05) is 13.8 Å². The van der Waals surface area contributed by atoms with Gasteiger partial charge in [-0.2, -0.15) is 5.10 Å². The molecule has 0 radical (unpaired) electrons. The molecule has 1 amide bonds. The van der Waals surface area contributed by atoms with Gasteiger partial charge >= 0.3 is 0 Å². The van der Waals surface area contributed by atoms with Crippen molar-refractivity contribution in [1.29, 1.82) is 0 Å². The van der Waals surface area contributed by atoms with Gasteiger partial charge in [-0.3, -0.25) is 9.89 Å². The lowest BCUT2D eigenvalue weighted by atomic mass is 10.0. The summed E-state index contributed by atoms with van der Waals surface area (Å²) in [6.45, 7) is 4.57. The smallest absolute Gasteiger partial charge is 0.224 e. The van der Waals surface area contributed by atoms with Gasteiger partial charge in [0.25, 0.3) is 0 Å². The summed E-state index contributed by atoms with van der Waals surface area (Å²) in [4.78, 5) is 14.1. The third-order valence-corrected chi connectivity index (χ3v) is 4.72. The number of nitrogens with zero attached hydrogens (tertiary/aromatic N) is 2. The van der Waals surface area contributed by atoms with Gasteiger partial charge in [-0.05, 0) is 26.7 Å². The minimum absolute atomic E-state index is 0.0285. The first-order valence-corrected chi connectivity index (χ1v) is 8.84. The van der Waals surface area contributed by atoms with Crippen LogP contribution in [0.1, 0.15) is 42.3 Å². The summed E-state index contributed by atoms with van der Waals surface area (Å²) in [5.41, 5.74) is 2.97. The molecule has 1 fully saturated rings. The molecule has 0 saturated carbocycles. The Hall–Kier alpha value is -1.37. The van der Waals surface area contributed by atoms with Crippen molar-refractivity contribution in [2.24, 2.45) is 0 Å². The van der Waals surface area contributed by atoms with Crippen LogP contribution in [0.3, 0.4) is 0 Å². The van der Waals surface area contributed by atoms with Gasteiger partial charge in [0, 0.05) is 30.5 Å². The van der Waals surface area contributed by atoms with E-state index >= 15 is 0 Å². The Labute approximate surface area is 119 Å². The molecule has 0 aromatic carbocycles. The lowest BCUT2D eigenvalue weighted by molar-refractivity contribution is -0.131. The van der Waals surface area contributed by atoms with Crippen LogP contribution >= 0.6 is 0 Å². The van der Waals surface area contributed by atoms with E-state index in [1.165, 1.54) is 0 Å². The van der Waals surface area contributed by atoms with Gasteiger partial charge in [-0.25, -0.2) is 8.42 Å². The number of nitrogens with one attached hydrogen (secondary N) is 1. The van der Waals surface area contributed by atoms with E-state index < -0.39 is 9.84 Å². The lowest BCUT2D eigenvalue weighted by Gasteiger charge is -2.25. The average molecular weight is 299 g/mol. The van der Waals surface area contributed by atoms with E-state index in [4.69, 9.17) is 0 Å². The maximum Gasteiger partial charge on any atom is 0.224 e. The molecule has 1 unspecified atom stereocenters. The molecular formula is C13H21N3O3S. The van der Waals surface area contributed by atoms with Crippen molar-refractivity contribution >= 4 is 15.7 Å². The second-order valence-electron chi connectivity index (χ2n) is 5.47. The highest BCUT2D eigenvalue weighted by Crippen LogP contribution is 2.35. The number of carbonyl (C=O) groups is 1. The van der Waals surface area contributed by atoms with Crippen LogP contribution in [0.4, 0.5) is 0 Å². The minimum atomic E-state index is -3.10. The fraction of sp³-hybridized carbons (Fsp3) is 0.692. The summed E-state index contributed by atoms with van der Waals surface area (Å²) in [6.07, 6.45) is 3.07. The highest BCUT2D eigenvalue weighted by molar-refractivity contribution is 7.90. The van der Waals surface area contributed by atoms with Crippen LogP contribution in [-0.2, 0) is 14.6 Å². The maximum atomic E-state index is 12.3. The first-order chi connectivity index (χ1) is 9.29. The summed E-state index contributed by atoms with van der Waals surface area (Å²) in [5.74, 6) is -0.170. The Bertz CT molecular complexity index is 587. The number of hydrogen-bond acceptors (Lipinski definition) is 4. The second kappa shape index (κ2) is 5.55. The van der Waals surface area contributed by atoms with E-state index in [2.05, 4.69) is 10.2 Å². The number of aryl methyl sites for hydroxylation is 2. The summed E-state index contributed by atoms with van der Waals surface area (Å²) < 4.78 is 22.4.